The Kier molecular flexibility index (Phi) is 7.45. The molecule has 0 radical (unpaired) electrons. The second-order valence-corrected chi connectivity index (χ2v) is 6.34. The van der Waals surface area contributed by atoms with Crippen molar-refractivity contribution in [2.45, 2.75) is 19.8 Å². The fourth-order valence-corrected chi connectivity index (χ4v) is 2.52. The van der Waals surface area contributed by atoms with Gasteiger partial charge in [-0.05, 0) is 36.8 Å². The largest absolute Gasteiger partial charge is 0.352 e. The van der Waals surface area contributed by atoms with Crippen molar-refractivity contribution in [1.82, 2.24) is 5.32 Å². The third kappa shape index (κ3) is 6.31. The van der Waals surface area contributed by atoms with Crippen LogP contribution in [0.2, 0.25) is 5.02 Å². The van der Waals surface area contributed by atoms with Crippen LogP contribution < -0.4 is 16.0 Å². The van der Waals surface area contributed by atoms with Crippen LogP contribution >= 0.6 is 11.6 Å². The summed E-state index contributed by atoms with van der Waals surface area (Å²) in [5.41, 5.74) is 0.486. The normalized spacial score (nSPS) is 10.3. The van der Waals surface area contributed by atoms with E-state index in [1.54, 1.807) is 12.1 Å². The number of halogens is 3. The molecule has 0 saturated heterocycles. The predicted molar refractivity (Wildman–Crippen MR) is 102 cm³/mol. The lowest BCUT2D eigenvalue weighted by molar-refractivity contribution is -0.116. The van der Waals surface area contributed by atoms with E-state index in [1.165, 1.54) is 13.0 Å². The summed E-state index contributed by atoms with van der Waals surface area (Å²) in [4.78, 5) is 35.2. The average molecular weight is 410 g/mol. The smallest absolute Gasteiger partial charge is 0.254 e. The summed E-state index contributed by atoms with van der Waals surface area (Å²) in [5.74, 6) is -3.07. The van der Waals surface area contributed by atoms with Crippen molar-refractivity contribution in [1.29, 1.82) is 0 Å². The Balaban J connectivity index is 1.84. The molecule has 3 amide bonds. The maximum Gasteiger partial charge on any atom is 0.254 e. The van der Waals surface area contributed by atoms with Gasteiger partial charge in [-0.2, -0.15) is 0 Å². The SMILES string of the molecule is CC(=O)Nc1ccc(Cl)cc1NC(=O)CCCNC(=O)c1ccc(F)cc1F. The number of carbonyl (C=O) groups excluding carboxylic acids is 3. The van der Waals surface area contributed by atoms with Crippen LogP contribution in [0.5, 0.6) is 0 Å². The van der Waals surface area contributed by atoms with E-state index in [0.29, 0.717) is 22.5 Å². The van der Waals surface area contributed by atoms with Crippen molar-refractivity contribution in [2.75, 3.05) is 17.2 Å². The molecule has 0 aliphatic carbocycles. The number of hydrogen-bond donors (Lipinski definition) is 3. The lowest BCUT2D eigenvalue weighted by atomic mass is 10.2. The zero-order valence-corrected chi connectivity index (χ0v) is 15.7. The molecule has 2 rings (SSSR count). The first-order valence-corrected chi connectivity index (χ1v) is 8.74. The second-order valence-electron chi connectivity index (χ2n) is 5.90. The highest BCUT2D eigenvalue weighted by Crippen LogP contribution is 2.26. The molecule has 0 aliphatic heterocycles. The molecule has 6 nitrogen and oxygen atoms in total. The van der Waals surface area contributed by atoms with Gasteiger partial charge in [0.15, 0.2) is 0 Å². The summed E-state index contributed by atoms with van der Waals surface area (Å²) in [6.07, 6.45) is 0.356. The molecular weight excluding hydrogens is 392 g/mol. The van der Waals surface area contributed by atoms with Crippen LogP contribution in [-0.4, -0.2) is 24.3 Å². The molecular formula is C19H18ClF2N3O3. The monoisotopic (exact) mass is 409 g/mol. The topological polar surface area (TPSA) is 87.3 Å². The second kappa shape index (κ2) is 9.80. The van der Waals surface area contributed by atoms with Gasteiger partial charge in [-0.1, -0.05) is 11.6 Å². The first-order valence-electron chi connectivity index (χ1n) is 8.36. The van der Waals surface area contributed by atoms with E-state index in [4.69, 9.17) is 11.6 Å². The first kappa shape index (κ1) is 21.3. The van der Waals surface area contributed by atoms with Crippen molar-refractivity contribution in [3.8, 4) is 0 Å². The molecule has 0 aromatic heterocycles. The molecule has 0 saturated carbocycles. The summed E-state index contributed by atoms with van der Waals surface area (Å²) >= 11 is 5.91. The number of anilines is 2. The van der Waals surface area contributed by atoms with Gasteiger partial charge in [-0.25, -0.2) is 8.78 Å². The van der Waals surface area contributed by atoms with Crippen LogP contribution in [0.25, 0.3) is 0 Å². The number of amides is 3. The number of nitrogens with one attached hydrogen (secondary N) is 3. The Morgan fingerprint density at radius 3 is 2.43 bits per heavy atom. The Labute approximate surface area is 165 Å². The third-order valence-electron chi connectivity index (χ3n) is 3.61. The maximum atomic E-state index is 13.5. The lowest BCUT2D eigenvalue weighted by Gasteiger charge is -2.12. The van der Waals surface area contributed by atoms with Crippen molar-refractivity contribution in [3.63, 3.8) is 0 Å². The molecule has 0 bridgehead atoms. The van der Waals surface area contributed by atoms with Crippen LogP contribution in [0.15, 0.2) is 36.4 Å². The highest BCUT2D eigenvalue weighted by molar-refractivity contribution is 6.31. The van der Waals surface area contributed by atoms with Gasteiger partial charge in [-0.15, -0.1) is 0 Å². The molecule has 2 aromatic rings. The minimum atomic E-state index is -0.957. The minimum Gasteiger partial charge on any atom is -0.352 e. The molecule has 3 N–H and O–H groups in total. The van der Waals surface area contributed by atoms with Crippen molar-refractivity contribution in [2.24, 2.45) is 0 Å². The van der Waals surface area contributed by atoms with E-state index in [2.05, 4.69) is 16.0 Å². The molecule has 0 spiro atoms. The summed E-state index contributed by atoms with van der Waals surface area (Å²) in [6.45, 7) is 1.46. The van der Waals surface area contributed by atoms with Crippen LogP contribution in [0.1, 0.15) is 30.1 Å². The maximum absolute atomic E-state index is 13.5. The average Bonchev–Trinajstić information content (AvgIpc) is 2.60. The van der Waals surface area contributed by atoms with Gasteiger partial charge in [0, 0.05) is 31.0 Å². The minimum absolute atomic E-state index is 0.0677. The predicted octanol–water partition coefficient (Wildman–Crippen LogP) is 3.73. The Morgan fingerprint density at radius 2 is 1.75 bits per heavy atom. The van der Waals surface area contributed by atoms with E-state index in [9.17, 15) is 23.2 Å². The lowest BCUT2D eigenvalue weighted by Crippen LogP contribution is -2.26. The standard InChI is InChI=1S/C19H18ClF2N3O3/c1-11(26)24-16-7-4-12(20)9-17(16)25-18(27)3-2-8-23-19(28)14-6-5-13(21)10-15(14)22/h4-7,9-10H,2-3,8H2,1H3,(H,23,28)(H,24,26)(H,25,27). The van der Waals surface area contributed by atoms with Crippen molar-refractivity contribution < 1.29 is 23.2 Å². The summed E-state index contributed by atoms with van der Waals surface area (Å²) < 4.78 is 26.4. The fourth-order valence-electron chi connectivity index (χ4n) is 2.35. The number of hydrogen-bond acceptors (Lipinski definition) is 3. The Hall–Kier alpha value is -3.00. The molecule has 0 unspecified atom stereocenters. The third-order valence-corrected chi connectivity index (χ3v) is 3.84. The molecule has 0 heterocycles. The number of rotatable bonds is 7. The molecule has 148 valence electrons. The van der Waals surface area contributed by atoms with E-state index in [1.807, 2.05) is 0 Å². The van der Waals surface area contributed by atoms with Crippen molar-refractivity contribution in [3.05, 3.63) is 58.6 Å². The summed E-state index contributed by atoms with van der Waals surface area (Å²) in [5, 5.41) is 8.08. The van der Waals surface area contributed by atoms with Crippen LogP contribution in [-0.2, 0) is 9.59 Å². The van der Waals surface area contributed by atoms with E-state index in [-0.39, 0.29) is 36.8 Å². The number of benzene rings is 2. The zero-order valence-electron chi connectivity index (χ0n) is 14.9. The fraction of sp³-hybridized carbons (Fsp3) is 0.211. The molecule has 0 atom stereocenters. The van der Waals surface area contributed by atoms with Gasteiger partial charge in [0.1, 0.15) is 11.6 Å². The number of carbonyl (C=O) groups is 3. The highest BCUT2D eigenvalue weighted by Gasteiger charge is 2.13. The first-order chi connectivity index (χ1) is 13.3. The molecule has 0 aliphatic rings. The van der Waals surface area contributed by atoms with E-state index >= 15 is 0 Å². The Bertz CT molecular complexity index is 906. The van der Waals surface area contributed by atoms with Gasteiger partial charge in [-0.3, -0.25) is 14.4 Å². The van der Waals surface area contributed by atoms with E-state index in [0.717, 1.165) is 12.1 Å². The summed E-state index contributed by atoms with van der Waals surface area (Å²) in [7, 11) is 0. The van der Waals surface area contributed by atoms with Crippen LogP contribution in [0.3, 0.4) is 0 Å². The quantitative estimate of drug-likeness (QED) is 0.609. The van der Waals surface area contributed by atoms with Crippen LogP contribution in [0, 0.1) is 11.6 Å². The van der Waals surface area contributed by atoms with Gasteiger partial charge >= 0.3 is 0 Å². The van der Waals surface area contributed by atoms with Gasteiger partial charge in [0.25, 0.3) is 5.91 Å². The molecule has 2 aromatic carbocycles. The molecule has 28 heavy (non-hydrogen) atoms. The van der Waals surface area contributed by atoms with E-state index < -0.39 is 17.5 Å². The molecule has 9 heteroatoms. The highest BCUT2D eigenvalue weighted by atomic mass is 35.5. The molecule has 0 fully saturated rings. The van der Waals surface area contributed by atoms with Gasteiger partial charge in [0.2, 0.25) is 11.8 Å². The van der Waals surface area contributed by atoms with Crippen molar-refractivity contribution >= 4 is 40.7 Å². The van der Waals surface area contributed by atoms with Gasteiger partial charge < -0.3 is 16.0 Å². The zero-order chi connectivity index (χ0) is 20.7. The summed E-state index contributed by atoms with van der Waals surface area (Å²) in [6, 6.07) is 7.31. The van der Waals surface area contributed by atoms with Gasteiger partial charge in [0.05, 0.1) is 16.9 Å². The van der Waals surface area contributed by atoms with Crippen LogP contribution in [0.4, 0.5) is 20.2 Å². The Morgan fingerprint density at radius 1 is 1.00 bits per heavy atom.